The first-order chi connectivity index (χ1) is 8.20. The van der Waals surface area contributed by atoms with Gasteiger partial charge in [-0.2, -0.15) is 0 Å². The highest BCUT2D eigenvalue weighted by molar-refractivity contribution is 5.03. The van der Waals surface area contributed by atoms with Crippen molar-refractivity contribution in [3.05, 3.63) is 0 Å². The number of rotatable bonds is 3. The van der Waals surface area contributed by atoms with Gasteiger partial charge in [-0.3, -0.25) is 4.90 Å². The molecule has 1 atom stereocenters. The Morgan fingerprint density at radius 2 is 1.94 bits per heavy atom. The average molecular weight is 236 g/mol. The lowest BCUT2D eigenvalue weighted by molar-refractivity contribution is 0.0292. The van der Waals surface area contributed by atoms with Gasteiger partial charge in [0, 0.05) is 31.2 Å². The van der Waals surface area contributed by atoms with Crippen LogP contribution in [0, 0.1) is 11.8 Å². The maximum absolute atomic E-state index is 3.83. The van der Waals surface area contributed by atoms with Gasteiger partial charge >= 0.3 is 0 Å². The van der Waals surface area contributed by atoms with Crippen LogP contribution in [0.25, 0.3) is 0 Å². The first kappa shape index (κ1) is 12.0. The van der Waals surface area contributed by atoms with Crippen LogP contribution >= 0.6 is 0 Å². The van der Waals surface area contributed by atoms with Crippen molar-refractivity contribution in [1.29, 1.82) is 0 Å². The van der Waals surface area contributed by atoms with Gasteiger partial charge in [-0.1, -0.05) is 26.7 Å². The smallest absolute Gasteiger partial charge is 0.0334 e. The van der Waals surface area contributed by atoms with Crippen molar-refractivity contribution >= 4 is 0 Å². The second kappa shape index (κ2) is 4.55. The molecule has 1 saturated heterocycles. The molecule has 1 heterocycles. The molecule has 2 nitrogen and oxygen atoms in total. The lowest BCUT2D eigenvalue weighted by atomic mass is 9.88. The first-order valence-electron chi connectivity index (χ1n) is 7.68. The Labute approximate surface area is 106 Å². The Kier molecular flexibility index (Phi) is 3.20. The highest BCUT2D eigenvalue weighted by Crippen LogP contribution is 2.40. The van der Waals surface area contributed by atoms with Gasteiger partial charge in [0.2, 0.25) is 0 Å². The number of hydrogen-bond donors (Lipinski definition) is 1. The summed E-state index contributed by atoms with van der Waals surface area (Å²) in [6.07, 6.45) is 8.78. The highest BCUT2D eigenvalue weighted by Gasteiger charge is 2.45. The van der Waals surface area contributed by atoms with Crippen molar-refractivity contribution < 1.29 is 0 Å². The topological polar surface area (TPSA) is 15.3 Å². The Hall–Kier alpha value is -0.0800. The SMILES string of the molecule is CC(C)C1CN(CC2CC2)C2(CCCC2)CN1. The molecule has 0 aromatic carbocycles. The summed E-state index contributed by atoms with van der Waals surface area (Å²) in [5, 5.41) is 3.83. The standard InChI is InChI=1S/C15H28N2/c1-12(2)14-10-17(9-13-5-6-13)15(11-16-14)7-3-4-8-15/h12-14,16H,3-11H2,1-2H3. The quantitative estimate of drug-likeness (QED) is 0.810. The molecule has 0 bridgehead atoms. The van der Waals surface area contributed by atoms with Crippen LogP contribution < -0.4 is 5.32 Å². The third kappa shape index (κ3) is 2.39. The molecule has 0 radical (unpaired) electrons. The van der Waals surface area contributed by atoms with E-state index in [1.807, 2.05) is 0 Å². The van der Waals surface area contributed by atoms with Crippen LogP contribution in [0.2, 0.25) is 0 Å². The number of nitrogens with one attached hydrogen (secondary N) is 1. The van der Waals surface area contributed by atoms with Crippen LogP contribution in [-0.2, 0) is 0 Å². The molecular weight excluding hydrogens is 208 g/mol. The molecule has 1 spiro atoms. The summed E-state index contributed by atoms with van der Waals surface area (Å²) in [5.41, 5.74) is 0.550. The van der Waals surface area contributed by atoms with E-state index in [1.165, 1.54) is 58.2 Å². The predicted octanol–water partition coefficient (Wildman–Crippen LogP) is 2.64. The molecule has 0 aromatic rings. The Morgan fingerprint density at radius 1 is 1.24 bits per heavy atom. The van der Waals surface area contributed by atoms with Gasteiger partial charge in [0.1, 0.15) is 0 Å². The molecule has 2 saturated carbocycles. The van der Waals surface area contributed by atoms with Crippen molar-refractivity contribution in [3.8, 4) is 0 Å². The second-order valence-electron chi connectivity index (χ2n) is 7.01. The fourth-order valence-corrected chi connectivity index (χ4v) is 3.78. The van der Waals surface area contributed by atoms with Crippen molar-refractivity contribution in [2.75, 3.05) is 19.6 Å². The second-order valence-corrected chi connectivity index (χ2v) is 7.01. The van der Waals surface area contributed by atoms with Crippen molar-refractivity contribution in [3.63, 3.8) is 0 Å². The van der Waals surface area contributed by atoms with Gasteiger partial charge in [0.25, 0.3) is 0 Å². The molecule has 17 heavy (non-hydrogen) atoms. The molecule has 1 N–H and O–H groups in total. The van der Waals surface area contributed by atoms with Crippen LogP contribution in [-0.4, -0.2) is 36.1 Å². The Bertz CT molecular complexity index is 264. The zero-order chi connectivity index (χ0) is 11.9. The summed E-state index contributed by atoms with van der Waals surface area (Å²) in [4.78, 5) is 2.89. The summed E-state index contributed by atoms with van der Waals surface area (Å²) in [6, 6.07) is 0.722. The third-order valence-electron chi connectivity index (χ3n) is 5.30. The molecule has 1 aliphatic heterocycles. The number of hydrogen-bond acceptors (Lipinski definition) is 2. The maximum atomic E-state index is 3.83. The monoisotopic (exact) mass is 236 g/mol. The molecule has 3 rings (SSSR count). The van der Waals surface area contributed by atoms with Crippen molar-refractivity contribution in [1.82, 2.24) is 10.2 Å². The van der Waals surface area contributed by atoms with E-state index in [4.69, 9.17) is 0 Å². The molecule has 0 aromatic heterocycles. The lowest BCUT2D eigenvalue weighted by Gasteiger charge is -2.49. The van der Waals surface area contributed by atoms with Gasteiger partial charge in [0.15, 0.2) is 0 Å². The zero-order valence-electron chi connectivity index (χ0n) is 11.5. The maximum Gasteiger partial charge on any atom is 0.0334 e. The van der Waals surface area contributed by atoms with E-state index < -0.39 is 0 Å². The Balaban J connectivity index is 1.70. The van der Waals surface area contributed by atoms with E-state index in [0.29, 0.717) is 5.54 Å². The summed E-state index contributed by atoms with van der Waals surface area (Å²) >= 11 is 0. The minimum absolute atomic E-state index is 0.550. The molecule has 2 heteroatoms. The van der Waals surface area contributed by atoms with Crippen LogP contribution in [0.3, 0.4) is 0 Å². The van der Waals surface area contributed by atoms with E-state index in [1.54, 1.807) is 0 Å². The highest BCUT2D eigenvalue weighted by atomic mass is 15.3. The molecule has 98 valence electrons. The molecule has 1 unspecified atom stereocenters. The molecule has 3 fully saturated rings. The molecule has 2 aliphatic carbocycles. The lowest BCUT2D eigenvalue weighted by Crippen LogP contribution is -2.64. The van der Waals surface area contributed by atoms with Gasteiger partial charge in [0.05, 0.1) is 0 Å². The predicted molar refractivity (Wildman–Crippen MR) is 72.1 cm³/mol. The van der Waals surface area contributed by atoms with Crippen LogP contribution in [0.4, 0.5) is 0 Å². The Morgan fingerprint density at radius 3 is 2.53 bits per heavy atom. The number of nitrogens with zero attached hydrogens (tertiary/aromatic N) is 1. The van der Waals surface area contributed by atoms with E-state index >= 15 is 0 Å². The minimum Gasteiger partial charge on any atom is -0.311 e. The summed E-state index contributed by atoms with van der Waals surface area (Å²) < 4.78 is 0. The van der Waals surface area contributed by atoms with Gasteiger partial charge in [-0.05, 0) is 37.5 Å². The van der Waals surface area contributed by atoms with E-state index in [2.05, 4.69) is 24.1 Å². The van der Waals surface area contributed by atoms with E-state index in [0.717, 1.165) is 17.9 Å². The largest absolute Gasteiger partial charge is 0.311 e. The first-order valence-corrected chi connectivity index (χ1v) is 7.68. The fraction of sp³-hybridized carbons (Fsp3) is 1.00. The van der Waals surface area contributed by atoms with Crippen LogP contribution in [0.1, 0.15) is 52.4 Å². The van der Waals surface area contributed by atoms with Crippen molar-refractivity contribution in [2.24, 2.45) is 11.8 Å². The fourth-order valence-electron chi connectivity index (χ4n) is 3.78. The summed E-state index contributed by atoms with van der Waals surface area (Å²) in [5.74, 6) is 1.81. The third-order valence-corrected chi connectivity index (χ3v) is 5.30. The molecule has 0 amide bonds. The van der Waals surface area contributed by atoms with Crippen molar-refractivity contribution in [2.45, 2.75) is 64.0 Å². The number of piperazine rings is 1. The van der Waals surface area contributed by atoms with Gasteiger partial charge in [-0.25, -0.2) is 0 Å². The van der Waals surface area contributed by atoms with E-state index in [-0.39, 0.29) is 0 Å². The average Bonchev–Trinajstić information content (AvgIpc) is 3.00. The molecule has 3 aliphatic rings. The summed E-state index contributed by atoms with van der Waals surface area (Å²) in [7, 11) is 0. The van der Waals surface area contributed by atoms with Crippen LogP contribution in [0.15, 0.2) is 0 Å². The van der Waals surface area contributed by atoms with Gasteiger partial charge < -0.3 is 5.32 Å². The zero-order valence-corrected chi connectivity index (χ0v) is 11.5. The van der Waals surface area contributed by atoms with Crippen LogP contribution in [0.5, 0.6) is 0 Å². The van der Waals surface area contributed by atoms with Gasteiger partial charge in [-0.15, -0.1) is 0 Å². The summed E-state index contributed by atoms with van der Waals surface area (Å²) in [6.45, 7) is 8.67. The molecular formula is C15H28N2. The normalized spacial score (nSPS) is 33.7. The minimum atomic E-state index is 0.550. The van der Waals surface area contributed by atoms with E-state index in [9.17, 15) is 0 Å².